The lowest BCUT2D eigenvalue weighted by Crippen LogP contribution is -2.07. The number of ether oxygens (including phenoxy) is 3. The molecule has 0 saturated carbocycles. The fourth-order valence-electron chi connectivity index (χ4n) is 1.77. The molecule has 0 aliphatic rings. The Bertz CT molecular complexity index is 600. The van der Waals surface area contributed by atoms with Crippen LogP contribution in [0.5, 0.6) is 11.5 Å². The van der Waals surface area contributed by atoms with Crippen LogP contribution in [-0.4, -0.2) is 25.8 Å². The Hall–Kier alpha value is -2.48. The highest BCUT2D eigenvalue weighted by Gasteiger charge is 2.12. The molecule has 0 aliphatic heterocycles. The third-order valence-electron chi connectivity index (χ3n) is 2.77. The van der Waals surface area contributed by atoms with E-state index >= 15 is 0 Å². The second-order valence-electron chi connectivity index (χ2n) is 5.23. The standard InChI is InChI=1S/C18H23NO4/c1-5-21-17-10-14(7-8-16(17)23-12-13(3)4)9-15(11-19)18(20)22-6-2/h7-10,13H,5-6,12H2,1-4H3. The Morgan fingerprint density at radius 2 is 1.96 bits per heavy atom. The molecule has 124 valence electrons. The molecular weight excluding hydrogens is 294 g/mol. The molecular formula is C18H23NO4. The molecule has 0 unspecified atom stereocenters. The SMILES string of the molecule is CCOC(=O)C(C#N)=Cc1ccc(OCC(C)C)c(OCC)c1. The van der Waals surface area contributed by atoms with Crippen molar-refractivity contribution in [2.75, 3.05) is 19.8 Å². The van der Waals surface area contributed by atoms with E-state index in [4.69, 9.17) is 19.5 Å². The Kier molecular flexibility index (Phi) is 7.69. The molecule has 5 heteroatoms. The van der Waals surface area contributed by atoms with Crippen molar-refractivity contribution in [2.24, 2.45) is 5.92 Å². The van der Waals surface area contributed by atoms with Gasteiger partial charge in [-0.3, -0.25) is 0 Å². The van der Waals surface area contributed by atoms with Gasteiger partial charge in [0.25, 0.3) is 0 Å². The van der Waals surface area contributed by atoms with E-state index in [0.29, 0.717) is 36.2 Å². The van der Waals surface area contributed by atoms with E-state index in [1.165, 1.54) is 6.08 Å². The van der Waals surface area contributed by atoms with Gasteiger partial charge < -0.3 is 14.2 Å². The van der Waals surface area contributed by atoms with Crippen molar-refractivity contribution < 1.29 is 19.0 Å². The van der Waals surface area contributed by atoms with E-state index in [1.54, 1.807) is 25.1 Å². The van der Waals surface area contributed by atoms with Crippen molar-refractivity contribution in [3.63, 3.8) is 0 Å². The van der Waals surface area contributed by atoms with Gasteiger partial charge in [0, 0.05) is 0 Å². The van der Waals surface area contributed by atoms with Gasteiger partial charge in [0.05, 0.1) is 19.8 Å². The average molecular weight is 317 g/mol. The van der Waals surface area contributed by atoms with Gasteiger partial charge in [0.2, 0.25) is 0 Å². The zero-order valence-corrected chi connectivity index (χ0v) is 14.1. The third kappa shape index (κ3) is 6.03. The van der Waals surface area contributed by atoms with Gasteiger partial charge in [-0.15, -0.1) is 0 Å². The molecule has 0 heterocycles. The van der Waals surface area contributed by atoms with Crippen molar-refractivity contribution in [3.8, 4) is 17.6 Å². The van der Waals surface area contributed by atoms with Crippen molar-refractivity contribution >= 4 is 12.0 Å². The lowest BCUT2D eigenvalue weighted by Gasteiger charge is -2.14. The number of nitrogens with zero attached hydrogens (tertiary/aromatic N) is 1. The first-order valence-electron chi connectivity index (χ1n) is 7.70. The van der Waals surface area contributed by atoms with Gasteiger partial charge in [-0.1, -0.05) is 19.9 Å². The van der Waals surface area contributed by atoms with Gasteiger partial charge in [-0.2, -0.15) is 5.26 Å². The number of hydrogen-bond acceptors (Lipinski definition) is 5. The van der Waals surface area contributed by atoms with Crippen LogP contribution in [0.25, 0.3) is 6.08 Å². The Labute approximate surface area is 137 Å². The summed E-state index contributed by atoms with van der Waals surface area (Å²) in [7, 11) is 0. The number of rotatable bonds is 8. The zero-order valence-electron chi connectivity index (χ0n) is 14.1. The Balaban J connectivity index is 3.06. The number of carbonyl (C=O) groups excluding carboxylic acids is 1. The zero-order chi connectivity index (χ0) is 17.2. The smallest absolute Gasteiger partial charge is 0.348 e. The van der Waals surface area contributed by atoms with Gasteiger partial charge >= 0.3 is 5.97 Å². The average Bonchev–Trinajstić information content (AvgIpc) is 2.52. The van der Waals surface area contributed by atoms with Gasteiger partial charge in [0.1, 0.15) is 11.6 Å². The van der Waals surface area contributed by atoms with E-state index < -0.39 is 5.97 Å². The van der Waals surface area contributed by atoms with Crippen LogP contribution in [0.1, 0.15) is 33.3 Å². The molecule has 1 rings (SSSR count). The van der Waals surface area contributed by atoms with Crippen LogP contribution in [0.4, 0.5) is 0 Å². The largest absolute Gasteiger partial charge is 0.490 e. The number of nitriles is 1. The highest BCUT2D eigenvalue weighted by Crippen LogP contribution is 2.29. The highest BCUT2D eigenvalue weighted by molar-refractivity contribution is 5.97. The van der Waals surface area contributed by atoms with Crippen LogP contribution < -0.4 is 9.47 Å². The van der Waals surface area contributed by atoms with E-state index in [1.807, 2.05) is 13.0 Å². The molecule has 0 fully saturated rings. The molecule has 0 aromatic heterocycles. The summed E-state index contributed by atoms with van der Waals surface area (Å²) < 4.78 is 16.1. The van der Waals surface area contributed by atoms with Crippen molar-refractivity contribution in [3.05, 3.63) is 29.3 Å². The third-order valence-corrected chi connectivity index (χ3v) is 2.77. The molecule has 5 nitrogen and oxygen atoms in total. The summed E-state index contributed by atoms with van der Waals surface area (Å²) in [4.78, 5) is 11.7. The molecule has 1 aromatic rings. The Morgan fingerprint density at radius 1 is 1.22 bits per heavy atom. The van der Waals surface area contributed by atoms with E-state index in [0.717, 1.165) is 0 Å². The van der Waals surface area contributed by atoms with E-state index in [-0.39, 0.29) is 12.2 Å². The predicted molar refractivity (Wildman–Crippen MR) is 88.2 cm³/mol. The normalized spacial score (nSPS) is 11.0. The summed E-state index contributed by atoms with van der Waals surface area (Å²) in [5.74, 6) is 1.00. The summed E-state index contributed by atoms with van der Waals surface area (Å²) in [6.45, 7) is 9.01. The van der Waals surface area contributed by atoms with Crippen molar-refractivity contribution in [1.82, 2.24) is 0 Å². The van der Waals surface area contributed by atoms with Crippen LogP contribution >= 0.6 is 0 Å². The molecule has 0 aliphatic carbocycles. The lowest BCUT2D eigenvalue weighted by molar-refractivity contribution is -0.137. The lowest BCUT2D eigenvalue weighted by atomic mass is 10.1. The van der Waals surface area contributed by atoms with Crippen LogP contribution in [-0.2, 0) is 9.53 Å². The van der Waals surface area contributed by atoms with Crippen molar-refractivity contribution in [2.45, 2.75) is 27.7 Å². The quantitative estimate of drug-likeness (QED) is 0.416. The number of benzene rings is 1. The number of esters is 1. The van der Waals surface area contributed by atoms with Crippen LogP contribution in [0.2, 0.25) is 0 Å². The van der Waals surface area contributed by atoms with Crippen LogP contribution in [0, 0.1) is 17.2 Å². The summed E-state index contributed by atoms with van der Waals surface area (Å²) in [5, 5.41) is 9.08. The molecule has 23 heavy (non-hydrogen) atoms. The second-order valence-corrected chi connectivity index (χ2v) is 5.23. The Morgan fingerprint density at radius 3 is 2.52 bits per heavy atom. The minimum Gasteiger partial charge on any atom is -0.490 e. The monoisotopic (exact) mass is 317 g/mol. The first-order chi connectivity index (χ1) is 11.0. The highest BCUT2D eigenvalue weighted by atomic mass is 16.5. The van der Waals surface area contributed by atoms with Crippen LogP contribution in [0.15, 0.2) is 23.8 Å². The molecule has 0 saturated heterocycles. The summed E-state index contributed by atoms with van der Waals surface area (Å²) in [5.41, 5.74) is 0.625. The second kappa shape index (κ2) is 9.52. The van der Waals surface area contributed by atoms with Crippen molar-refractivity contribution in [1.29, 1.82) is 5.26 Å². The van der Waals surface area contributed by atoms with E-state index in [2.05, 4.69) is 13.8 Å². The number of hydrogen-bond donors (Lipinski definition) is 0. The van der Waals surface area contributed by atoms with Gasteiger partial charge in [0.15, 0.2) is 11.5 Å². The maximum Gasteiger partial charge on any atom is 0.348 e. The molecule has 0 amide bonds. The minimum absolute atomic E-state index is 0.0508. The summed E-state index contributed by atoms with van der Waals surface area (Å²) >= 11 is 0. The van der Waals surface area contributed by atoms with Gasteiger partial charge in [-0.05, 0) is 43.5 Å². The number of carbonyl (C=O) groups is 1. The molecule has 0 spiro atoms. The fraction of sp³-hybridized carbons (Fsp3) is 0.444. The molecule has 0 radical (unpaired) electrons. The molecule has 1 aromatic carbocycles. The fourth-order valence-corrected chi connectivity index (χ4v) is 1.77. The van der Waals surface area contributed by atoms with Crippen LogP contribution in [0.3, 0.4) is 0 Å². The molecule has 0 atom stereocenters. The summed E-state index contributed by atoms with van der Waals surface area (Å²) in [6, 6.07) is 7.15. The summed E-state index contributed by atoms with van der Waals surface area (Å²) in [6.07, 6.45) is 1.48. The maximum absolute atomic E-state index is 11.7. The predicted octanol–water partition coefficient (Wildman–Crippen LogP) is 3.59. The topological polar surface area (TPSA) is 68.6 Å². The maximum atomic E-state index is 11.7. The first-order valence-corrected chi connectivity index (χ1v) is 7.70. The molecule has 0 bridgehead atoms. The minimum atomic E-state index is -0.631. The van der Waals surface area contributed by atoms with E-state index in [9.17, 15) is 4.79 Å². The van der Waals surface area contributed by atoms with Gasteiger partial charge in [-0.25, -0.2) is 4.79 Å². The first kappa shape index (κ1) is 18.6. The molecule has 0 N–H and O–H groups in total.